The number of aryl methyl sites for hydroxylation is 1. The number of benzene rings is 1. The predicted molar refractivity (Wildman–Crippen MR) is 120 cm³/mol. The summed E-state index contributed by atoms with van der Waals surface area (Å²) < 4.78 is 13.4. The molecule has 0 aliphatic carbocycles. The van der Waals surface area contributed by atoms with Crippen molar-refractivity contribution in [3.63, 3.8) is 0 Å². The summed E-state index contributed by atoms with van der Waals surface area (Å²) in [4.78, 5) is 9.24. The van der Waals surface area contributed by atoms with Crippen molar-refractivity contribution in [1.82, 2.24) is 15.3 Å². The summed E-state index contributed by atoms with van der Waals surface area (Å²) in [5, 5.41) is 7.26. The van der Waals surface area contributed by atoms with Crippen LogP contribution in [0.5, 0.6) is 0 Å². The Labute approximate surface area is 181 Å². The topological polar surface area (TPSA) is 49.8 Å². The van der Waals surface area contributed by atoms with E-state index in [0.717, 1.165) is 60.2 Å². The molecule has 1 aromatic carbocycles. The number of pyridine rings is 2. The van der Waals surface area contributed by atoms with Crippen LogP contribution in [0.25, 0.3) is 11.3 Å². The van der Waals surface area contributed by atoms with Crippen molar-refractivity contribution in [3.05, 3.63) is 76.8 Å². The van der Waals surface area contributed by atoms with E-state index in [4.69, 9.17) is 16.6 Å². The maximum atomic E-state index is 13.4. The van der Waals surface area contributed by atoms with Gasteiger partial charge in [-0.15, -0.1) is 0 Å². The second-order valence-corrected chi connectivity index (χ2v) is 8.19. The van der Waals surface area contributed by atoms with Crippen LogP contribution in [-0.2, 0) is 13.0 Å². The fourth-order valence-electron chi connectivity index (χ4n) is 3.86. The lowest BCUT2D eigenvalue weighted by Crippen LogP contribution is -2.27. The molecule has 156 valence electrons. The summed E-state index contributed by atoms with van der Waals surface area (Å²) >= 11 is 6.45. The molecule has 4 rings (SSSR count). The van der Waals surface area contributed by atoms with Gasteiger partial charge in [-0.25, -0.2) is 9.37 Å². The molecule has 1 aliphatic rings. The maximum absolute atomic E-state index is 13.4. The van der Waals surface area contributed by atoms with E-state index >= 15 is 0 Å². The third-order valence-corrected chi connectivity index (χ3v) is 5.87. The third kappa shape index (κ3) is 5.55. The minimum absolute atomic E-state index is 0.239. The molecule has 6 heteroatoms. The van der Waals surface area contributed by atoms with Crippen LogP contribution in [0.1, 0.15) is 30.5 Å². The van der Waals surface area contributed by atoms with E-state index in [1.54, 1.807) is 12.3 Å². The van der Waals surface area contributed by atoms with E-state index in [0.29, 0.717) is 11.6 Å². The molecule has 2 aromatic heterocycles. The summed E-state index contributed by atoms with van der Waals surface area (Å²) in [7, 11) is 0. The van der Waals surface area contributed by atoms with Gasteiger partial charge in [0.1, 0.15) is 11.6 Å². The molecule has 0 bridgehead atoms. The monoisotopic (exact) mass is 424 g/mol. The Balaban J connectivity index is 1.45. The number of hydrogen-bond donors (Lipinski definition) is 2. The summed E-state index contributed by atoms with van der Waals surface area (Å²) in [6.45, 7) is 2.73. The molecule has 0 unspecified atom stereocenters. The van der Waals surface area contributed by atoms with E-state index in [2.05, 4.69) is 21.7 Å². The molecule has 4 nitrogen and oxygen atoms in total. The molecular weight excluding hydrogens is 399 g/mol. The van der Waals surface area contributed by atoms with Gasteiger partial charge >= 0.3 is 0 Å². The molecule has 0 spiro atoms. The Bertz CT molecular complexity index is 988. The Morgan fingerprint density at radius 3 is 2.77 bits per heavy atom. The number of aromatic nitrogens is 2. The van der Waals surface area contributed by atoms with Gasteiger partial charge in [0.15, 0.2) is 0 Å². The van der Waals surface area contributed by atoms with Gasteiger partial charge < -0.3 is 10.6 Å². The van der Waals surface area contributed by atoms with Gasteiger partial charge in [0.05, 0.1) is 10.7 Å². The molecule has 1 saturated heterocycles. The molecule has 0 amide bonds. The molecule has 3 aromatic rings. The Kier molecular flexibility index (Phi) is 6.92. The molecular formula is C24H26ClFN4. The van der Waals surface area contributed by atoms with Crippen LogP contribution in [0.3, 0.4) is 0 Å². The lowest BCUT2D eigenvalue weighted by atomic mass is 9.92. The molecule has 0 radical (unpaired) electrons. The Morgan fingerprint density at radius 1 is 1.10 bits per heavy atom. The third-order valence-electron chi connectivity index (χ3n) is 5.57. The second-order valence-electron chi connectivity index (χ2n) is 7.78. The van der Waals surface area contributed by atoms with Crippen LogP contribution >= 0.6 is 11.6 Å². The van der Waals surface area contributed by atoms with E-state index in [9.17, 15) is 4.39 Å². The smallest absolute Gasteiger partial charge is 0.126 e. The van der Waals surface area contributed by atoms with Crippen molar-refractivity contribution in [1.29, 1.82) is 0 Å². The van der Waals surface area contributed by atoms with Crippen LogP contribution in [0.2, 0.25) is 5.02 Å². The minimum atomic E-state index is -0.239. The lowest BCUT2D eigenvalue weighted by Gasteiger charge is -2.22. The molecule has 2 N–H and O–H groups in total. The normalized spacial score (nSPS) is 14.6. The van der Waals surface area contributed by atoms with Gasteiger partial charge in [0.25, 0.3) is 0 Å². The van der Waals surface area contributed by atoms with E-state index in [1.807, 2.05) is 24.3 Å². The van der Waals surface area contributed by atoms with E-state index in [1.165, 1.54) is 25.0 Å². The molecule has 3 heterocycles. The van der Waals surface area contributed by atoms with Crippen LogP contribution in [0.4, 0.5) is 10.2 Å². The summed E-state index contributed by atoms with van der Waals surface area (Å²) in [5.41, 5.74) is 3.60. The number of anilines is 1. The highest BCUT2D eigenvalue weighted by Crippen LogP contribution is 2.28. The van der Waals surface area contributed by atoms with Crippen molar-refractivity contribution >= 4 is 17.4 Å². The summed E-state index contributed by atoms with van der Waals surface area (Å²) in [6.07, 6.45) is 6.30. The van der Waals surface area contributed by atoms with Crippen molar-refractivity contribution < 1.29 is 4.39 Å². The Hall–Kier alpha value is -2.50. The molecule has 1 aliphatic heterocycles. The highest BCUT2D eigenvalue weighted by molar-refractivity contribution is 6.33. The maximum Gasteiger partial charge on any atom is 0.126 e. The first-order valence-electron chi connectivity index (χ1n) is 10.5. The van der Waals surface area contributed by atoms with Crippen molar-refractivity contribution in [3.8, 4) is 11.3 Å². The van der Waals surface area contributed by atoms with E-state index < -0.39 is 0 Å². The van der Waals surface area contributed by atoms with Crippen molar-refractivity contribution in [2.75, 3.05) is 18.4 Å². The average Bonchev–Trinajstić information content (AvgIpc) is 2.78. The lowest BCUT2D eigenvalue weighted by molar-refractivity contribution is 0.353. The Morgan fingerprint density at radius 2 is 1.93 bits per heavy atom. The van der Waals surface area contributed by atoms with Crippen molar-refractivity contribution in [2.24, 2.45) is 5.92 Å². The molecule has 30 heavy (non-hydrogen) atoms. The zero-order chi connectivity index (χ0) is 20.8. The molecule has 0 atom stereocenters. The van der Waals surface area contributed by atoms with Crippen LogP contribution in [-0.4, -0.2) is 23.1 Å². The fraction of sp³-hybridized carbons (Fsp3) is 0.333. The average molecular weight is 425 g/mol. The van der Waals surface area contributed by atoms with Crippen LogP contribution in [0, 0.1) is 11.7 Å². The second kappa shape index (κ2) is 10.0. The van der Waals surface area contributed by atoms with Crippen molar-refractivity contribution in [2.45, 2.75) is 32.2 Å². The number of halogens is 2. The summed E-state index contributed by atoms with van der Waals surface area (Å²) in [5.74, 6) is 1.25. The van der Waals surface area contributed by atoms with Gasteiger partial charge in [-0.1, -0.05) is 29.8 Å². The number of nitrogens with zero attached hydrogens (tertiary/aromatic N) is 2. The first-order valence-corrected chi connectivity index (χ1v) is 10.9. The van der Waals surface area contributed by atoms with Gasteiger partial charge in [-0.05, 0) is 80.6 Å². The fourth-order valence-corrected chi connectivity index (χ4v) is 4.06. The van der Waals surface area contributed by atoms with E-state index in [-0.39, 0.29) is 5.82 Å². The molecule has 1 fully saturated rings. The SMILES string of the molecule is Fc1cccc(CNc2cccc(-c3cc(CCC4CCNCC4)ncc3Cl)n2)c1. The quantitative estimate of drug-likeness (QED) is 0.527. The van der Waals surface area contributed by atoms with Gasteiger partial charge in [-0.3, -0.25) is 4.98 Å². The predicted octanol–water partition coefficient (Wildman–Crippen LogP) is 5.48. The number of hydrogen-bond acceptors (Lipinski definition) is 4. The van der Waals surface area contributed by atoms with Crippen LogP contribution in [0.15, 0.2) is 54.7 Å². The van der Waals surface area contributed by atoms with Gasteiger partial charge in [0, 0.05) is 24.0 Å². The summed E-state index contributed by atoms with van der Waals surface area (Å²) in [6, 6.07) is 14.4. The number of nitrogens with one attached hydrogen (secondary N) is 2. The zero-order valence-corrected chi connectivity index (χ0v) is 17.6. The van der Waals surface area contributed by atoms with Crippen LogP contribution < -0.4 is 10.6 Å². The first-order chi connectivity index (χ1) is 14.7. The largest absolute Gasteiger partial charge is 0.366 e. The number of piperidine rings is 1. The number of rotatable bonds is 7. The standard InChI is InChI=1S/C24H26ClFN4/c25-22-16-28-20(8-7-17-9-11-27-12-10-17)14-21(22)23-5-2-6-24(30-23)29-15-18-3-1-4-19(26)13-18/h1-6,13-14,16-17,27H,7-12,15H2,(H,29,30). The van der Waals surface area contributed by atoms with Gasteiger partial charge in [-0.2, -0.15) is 0 Å². The zero-order valence-electron chi connectivity index (χ0n) is 16.9. The van der Waals surface area contributed by atoms with Gasteiger partial charge in [0.2, 0.25) is 0 Å². The highest BCUT2D eigenvalue weighted by atomic mass is 35.5. The molecule has 0 saturated carbocycles. The highest BCUT2D eigenvalue weighted by Gasteiger charge is 2.14. The first kappa shape index (κ1) is 20.8. The minimum Gasteiger partial charge on any atom is -0.366 e.